The van der Waals surface area contributed by atoms with E-state index in [0.29, 0.717) is 17.9 Å². The van der Waals surface area contributed by atoms with Crippen LogP contribution in [0.2, 0.25) is 0 Å². The molecule has 116 valence electrons. The lowest BCUT2D eigenvalue weighted by molar-refractivity contribution is 0.0977. The molecule has 0 aliphatic rings. The molecule has 2 aromatic rings. The maximum atomic E-state index is 12.3. The summed E-state index contributed by atoms with van der Waals surface area (Å²) in [6.45, 7) is 3.85. The Kier molecular flexibility index (Phi) is 4.82. The van der Waals surface area contributed by atoms with Crippen LogP contribution in [-0.2, 0) is 10.0 Å². The molecule has 0 fully saturated rings. The number of aryl methyl sites for hydroxylation is 1. The largest absolute Gasteiger partial charge is 0.493 e. The molecule has 0 aromatic heterocycles. The average Bonchev–Trinajstić information content (AvgIpc) is 2.48. The van der Waals surface area contributed by atoms with Crippen molar-refractivity contribution in [2.75, 3.05) is 6.61 Å². The van der Waals surface area contributed by atoms with Crippen LogP contribution in [-0.4, -0.2) is 20.9 Å². The van der Waals surface area contributed by atoms with Crippen LogP contribution in [0, 0.1) is 6.92 Å². The number of ether oxygens (including phenoxy) is 1. The minimum absolute atomic E-state index is 0.0808. The van der Waals surface area contributed by atoms with Gasteiger partial charge in [-0.3, -0.25) is 4.79 Å². The van der Waals surface area contributed by atoms with Gasteiger partial charge in [-0.2, -0.15) is 0 Å². The topological polar surface area (TPSA) is 72.5 Å². The molecule has 0 atom stereocenters. The van der Waals surface area contributed by atoms with Crippen LogP contribution in [0.3, 0.4) is 0 Å². The Morgan fingerprint density at radius 1 is 1.09 bits per heavy atom. The monoisotopic (exact) mass is 319 g/mol. The molecule has 0 saturated heterocycles. The van der Waals surface area contributed by atoms with E-state index in [0.717, 1.165) is 0 Å². The van der Waals surface area contributed by atoms with E-state index < -0.39 is 15.9 Å². The lowest BCUT2D eigenvalue weighted by Crippen LogP contribution is -2.31. The van der Waals surface area contributed by atoms with Crippen LogP contribution in [0.25, 0.3) is 0 Å². The smallest absolute Gasteiger partial charge is 0.268 e. The first-order valence-corrected chi connectivity index (χ1v) is 8.28. The average molecular weight is 319 g/mol. The zero-order valence-corrected chi connectivity index (χ0v) is 13.2. The van der Waals surface area contributed by atoms with E-state index in [1.165, 1.54) is 12.1 Å². The Morgan fingerprint density at radius 3 is 2.41 bits per heavy atom. The van der Waals surface area contributed by atoms with E-state index in [1.807, 2.05) is 0 Å². The van der Waals surface area contributed by atoms with E-state index in [1.54, 1.807) is 50.2 Å². The molecule has 1 N–H and O–H groups in total. The van der Waals surface area contributed by atoms with Gasteiger partial charge in [0.15, 0.2) is 0 Å². The highest BCUT2D eigenvalue weighted by molar-refractivity contribution is 7.90. The van der Waals surface area contributed by atoms with Crippen LogP contribution < -0.4 is 9.46 Å². The van der Waals surface area contributed by atoms with Gasteiger partial charge in [0.2, 0.25) is 0 Å². The molecule has 0 heterocycles. The molecule has 0 saturated carbocycles. The molecule has 0 aliphatic carbocycles. The van der Waals surface area contributed by atoms with Gasteiger partial charge in [0, 0.05) is 0 Å². The van der Waals surface area contributed by atoms with Crippen LogP contribution in [0.15, 0.2) is 53.4 Å². The van der Waals surface area contributed by atoms with Gasteiger partial charge in [0.1, 0.15) is 5.75 Å². The highest BCUT2D eigenvalue weighted by Gasteiger charge is 2.22. The number of para-hydroxylation sites is 1. The first-order chi connectivity index (χ1) is 10.5. The van der Waals surface area contributed by atoms with E-state index in [9.17, 15) is 13.2 Å². The number of amides is 1. The van der Waals surface area contributed by atoms with Crippen molar-refractivity contribution in [3.63, 3.8) is 0 Å². The second-order valence-corrected chi connectivity index (χ2v) is 6.28. The molecule has 1 amide bonds. The Morgan fingerprint density at radius 2 is 1.73 bits per heavy atom. The fourth-order valence-corrected chi connectivity index (χ4v) is 3.24. The number of carbonyl (C=O) groups excluding carboxylic acids is 1. The molecule has 22 heavy (non-hydrogen) atoms. The van der Waals surface area contributed by atoms with Gasteiger partial charge in [0.25, 0.3) is 15.9 Å². The fraction of sp³-hybridized carbons (Fsp3) is 0.188. The summed E-state index contributed by atoms with van der Waals surface area (Å²) in [7, 11) is -3.93. The van der Waals surface area contributed by atoms with Crippen molar-refractivity contribution in [2.24, 2.45) is 0 Å². The molecule has 0 aliphatic heterocycles. The third-order valence-electron chi connectivity index (χ3n) is 3.04. The SMILES string of the molecule is CCOc1ccccc1C(=O)NS(=O)(=O)c1ccccc1C. The van der Waals surface area contributed by atoms with Crippen molar-refractivity contribution in [3.05, 3.63) is 59.7 Å². The van der Waals surface area contributed by atoms with Crippen LogP contribution in [0.1, 0.15) is 22.8 Å². The summed E-state index contributed by atoms with van der Waals surface area (Å²) < 4.78 is 32.1. The van der Waals surface area contributed by atoms with Gasteiger partial charge < -0.3 is 4.74 Å². The number of nitrogens with one attached hydrogen (secondary N) is 1. The second-order valence-electron chi connectivity index (χ2n) is 4.63. The normalized spacial score (nSPS) is 11.0. The molecule has 6 heteroatoms. The molecular weight excluding hydrogens is 302 g/mol. The second kappa shape index (κ2) is 6.62. The van der Waals surface area contributed by atoms with Gasteiger partial charge in [-0.25, -0.2) is 13.1 Å². The predicted octanol–water partition coefficient (Wildman–Crippen LogP) is 2.51. The van der Waals surface area contributed by atoms with Crippen molar-refractivity contribution >= 4 is 15.9 Å². The molecule has 5 nitrogen and oxygen atoms in total. The summed E-state index contributed by atoms with van der Waals surface area (Å²) in [5, 5.41) is 0. The van der Waals surface area contributed by atoms with Crippen molar-refractivity contribution < 1.29 is 17.9 Å². The van der Waals surface area contributed by atoms with Gasteiger partial charge in [-0.15, -0.1) is 0 Å². The zero-order valence-electron chi connectivity index (χ0n) is 12.4. The zero-order chi connectivity index (χ0) is 16.2. The van der Waals surface area contributed by atoms with E-state index >= 15 is 0 Å². The predicted molar refractivity (Wildman–Crippen MR) is 83.4 cm³/mol. The summed E-state index contributed by atoms with van der Waals surface area (Å²) in [6, 6.07) is 13.0. The van der Waals surface area contributed by atoms with Gasteiger partial charge in [-0.1, -0.05) is 30.3 Å². The van der Waals surface area contributed by atoms with E-state index in [-0.39, 0.29) is 10.5 Å². The minimum atomic E-state index is -3.93. The van der Waals surface area contributed by atoms with Gasteiger partial charge in [-0.05, 0) is 37.6 Å². The van der Waals surface area contributed by atoms with Crippen molar-refractivity contribution in [2.45, 2.75) is 18.7 Å². The summed E-state index contributed by atoms with van der Waals surface area (Å²) in [6.07, 6.45) is 0. The first-order valence-electron chi connectivity index (χ1n) is 6.80. The van der Waals surface area contributed by atoms with E-state index in [2.05, 4.69) is 4.72 Å². The van der Waals surface area contributed by atoms with Crippen molar-refractivity contribution in [1.82, 2.24) is 4.72 Å². The number of sulfonamides is 1. The van der Waals surface area contributed by atoms with Crippen LogP contribution >= 0.6 is 0 Å². The molecule has 0 spiro atoms. The van der Waals surface area contributed by atoms with Crippen LogP contribution in [0.4, 0.5) is 0 Å². The fourth-order valence-electron chi connectivity index (χ4n) is 2.03. The standard InChI is InChI=1S/C16H17NO4S/c1-3-21-14-10-6-5-9-13(14)16(18)17-22(19,20)15-11-7-4-8-12(15)2/h4-11H,3H2,1-2H3,(H,17,18). The lowest BCUT2D eigenvalue weighted by atomic mass is 10.2. The summed E-state index contributed by atoms with van der Waals surface area (Å²) in [4.78, 5) is 12.4. The maximum absolute atomic E-state index is 12.3. The summed E-state index contributed by atoms with van der Waals surface area (Å²) >= 11 is 0. The van der Waals surface area contributed by atoms with Crippen LogP contribution in [0.5, 0.6) is 5.75 Å². The minimum Gasteiger partial charge on any atom is -0.493 e. The van der Waals surface area contributed by atoms with Gasteiger partial charge in [0.05, 0.1) is 17.1 Å². The Balaban J connectivity index is 2.31. The molecule has 0 bridgehead atoms. The maximum Gasteiger partial charge on any atom is 0.268 e. The Hall–Kier alpha value is -2.34. The summed E-state index contributed by atoms with van der Waals surface area (Å²) in [5.74, 6) is -0.366. The number of carbonyl (C=O) groups is 1. The third kappa shape index (κ3) is 3.46. The number of hydrogen-bond acceptors (Lipinski definition) is 4. The van der Waals surface area contributed by atoms with E-state index in [4.69, 9.17) is 4.74 Å². The molecule has 2 rings (SSSR count). The van der Waals surface area contributed by atoms with Gasteiger partial charge >= 0.3 is 0 Å². The Bertz CT molecular complexity index is 784. The quantitative estimate of drug-likeness (QED) is 0.919. The van der Waals surface area contributed by atoms with Crippen molar-refractivity contribution in [3.8, 4) is 5.75 Å². The molecule has 0 radical (unpaired) electrons. The molecule has 2 aromatic carbocycles. The third-order valence-corrected chi connectivity index (χ3v) is 4.53. The first kappa shape index (κ1) is 16.0. The summed E-state index contributed by atoms with van der Waals surface area (Å²) in [5.41, 5.74) is 0.752. The Labute approximate surface area is 130 Å². The molecule has 0 unspecified atom stereocenters. The van der Waals surface area contributed by atoms with Crippen molar-refractivity contribution in [1.29, 1.82) is 0 Å². The number of hydrogen-bond donors (Lipinski definition) is 1. The number of rotatable bonds is 5. The highest BCUT2D eigenvalue weighted by atomic mass is 32.2. The molecular formula is C16H17NO4S. The highest BCUT2D eigenvalue weighted by Crippen LogP contribution is 2.19. The lowest BCUT2D eigenvalue weighted by Gasteiger charge is -2.12. The number of benzene rings is 2.